The molecule has 0 aliphatic heterocycles. The summed E-state index contributed by atoms with van der Waals surface area (Å²) in [5.41, 5.74) is 2.39. The Morgan fingerprint density at radius 1 is 1.22 bits per heavy atom. The Morgan fingerprint density at radius 3 is 2.56 bits per heavy atom. The lowest BCUT2D eigenvalue weighted by molar-refractivity contribution is 0.102. The third kappa shape index (κ3) is 2.64. The van der Waals surface area contributed by atoms with Crippen molar-refractivity contribution in [3.05, 3.63) is 51.4 Å². The van der Waals surface area contributed by atoms with Gasteiger partial charge in [0, 0.05) is 10.2 Å². The fourth-order valence-corrected chi connectivity index (χ4v) is 2.14. The van der Waals surface area contributed by atoms with Gasteiger partial charge in [-0.2, -0.15) is 0 Å². The summed E-state index contributed by atoms with van der Waals surface area (Å²) >= 11 is 3.39. The Bertz CT molecular complexity index is 602. The molecule has 3 nitrogen and oxygen atoms in total. The molecule has 1 N–H and O–H groups in total. The van der Waals surface area contributed by atoms with Gasteiger partial charge in [0.2, 0.25) is 0 Å². The average molecular weight is 308 g/mol. The summed E-state index contributed by atoms with van der Waals surface area (Å²) in [6.45, 7) is 5.57. The maximum Gasteiger partial charge on any atom is 0.259 e. The lowest BCUT2D eigenvalue weighted by Crippen LogP contribution is -2.13. The molecule has 1 heterocycles. The SMILES string of the molecule is Cc1cc(C(=O)Nc2cc(Br)ccc2C)c(C)o1. The first-order chi connectivity index (χ1) is 8.47. The molecular weight excluding hydrogens is 294 g/mol. The van der Waals surface area contributed by atoms with Crippen LogP contribution in [-0.2, 0) is 0 Å². The molecule has 4 heteroatoms. The number of anilines is 1. The fourth-order valence-electron chi connectivity index (χ4n) is 1.77. The quantitative estimate of drug-likeness (QED) is 0.902. The summed E-state index contributed by atoms with van der Waals surface area (Å²) in [6.07, 6.45) is 0. The van der Waals surface area contributed by atoms with E-state index in [-0.39, 0.29) is 5.91 Å². The normalized spacial score (nSPS) is 10.4. The van der Waals surface area contributed by atoms with E-state index < -0.39 is 0 Å². The predicted molar refractivity (Wildman–Crippen MR) is 75.0 cm³/mol. The number of halogens is 1. The van der Waals surface area contributed by atoms with Crippen LogP contribution in [0.1, 0.15) is 27.4 Å². The van der Waals surface area contributed by atoms with Gasteiger partial charge >= 0.3 is 0 Å². The Hall–Kier alpha value is -1.55. The van der Waals surface area contributed by atoms with Crippen LogP contribution in [-0.4, -0.2) is 5.91 Å². The summed E-state index contributed by atoms with van der Waals surface area (Å²) in [5.74, 6) is 1.23. The van der Waals surface area contributed by atoms with Crippen molar-refractivity contribution in [1.82, 2.24) is 0 Å². The maximum absolute atomic E-state index is 12.1. The topological polar surface area (TPSA) is 42.2 Å². The minimum Gasteiger partial charge on any atom is -0.466 e. The van der Waals surface area contributed by atoms with Crippen molar-refractivity contribution in [3.8, 4) is 0 Å². The number of rotatable bonds is 2. The largest absolute Gasteiger partial charge is 0.466 e. The number of furan rings is 1. The highest BCUT2D eigenvalue weighted by atomic mass is 79.9. The van der Waals surface area contributed by atoms with E-state index in [1.165, 1.54) is 0 Å². The summed E-state index contributed by atoms with van der Waals surface area (Å²) in [4.78, 5) is 12.1. The standard InChI is InChI=1S/C14H14BrNO2/c1-8-4-5-11(15)7-13(8)16-14(17)12-6-9(2)18-10(12)3/h4-7H,1-3H3,(H,16,17). The van der Waals surface area contributed by atoms with E-state index in [1.54, 1.807) is 13.0 Å². The van der Waals surface area contributed by atoms with Crippen molar-refractivity contribution >= 4 is 27.5 Å². The summed E-state index contributed by atoms with van der Waals surface area (Å²) in [6, 6.07) is 7.53. The van der Waals surface area contributed by atoms with E-state index in [0.29, 0.717) is 11.3 Å². The molecule has 0 bridgehead atoms. The van der Waals surface area contributed by atoms with E-state index in [9.17, 15) is 4.79 Å². The second kappa shape index (κ2) is 4.98. The number of benzene rings is 1. The van der Waals surface area contributed by atoms with E-state index in [4.69, 9.17) is 4.42 Å². The zero-order valence-electron chi connectivity index (χ0n) is 10.5. The van der Waals surface area contributed by atoms with Crippen LogP contribution in [0.4, 0.5) is 5.69 Å². The number of aryl methyl sites for hydroxylation is 3. The molecule has 94 valence electrons. The molecule has 0 saturated carbocycles. The molecule has 0 saturated heterocycles. The van der Waals surface area contributed by atoms with E-state index >= 15 is 0 Å². The molecule has 0 radical (unpaired) electrons. The third-order valence-corrected chi connectivity index (χ3v) is 3.23. The predicted octanol–water partition coefficient (Wildman–Crippen LogP) is 4.22. The van der Waals surface area contributed by atoms with Crippen LogP contribution in [0.3, 0.4) is 0 Å². The average Bonchev–Trinajstić information content (AvgIpc) is 2.63. The smallest absolute Gasteiger partial charge is 0.259 e. The molecule has 0 spiro atoms. The maximum atomic E-state index is 12.1. The molecule has 1 aromatic heterocycles. The first-order valence-electron chi connectivity index (χ1n) is 5.62. The van der Waals surface area contributed by atoms with Gasteiger partial charge in [0.1, 0.15) is 11.5 Å². The molecule has 0 aliphatic carbocycles. The van der Waals surface area contributed by atoms with Crippen LogP contribution >= 0.6 is 15.9 Å². The van der Waals surface area contributed by atoms with E-state index in [1.807, 2.05) is 32.0 Å². The van der Waals surface area contributed by atoms with E-state index in [0.717, 1.165) is 21.5 Å². The number of hydrogen-bond acceptors (Lipinski definition) is 2. The zero-order chi connectivity index (χ0) is 13.3. The van der Waals surface area contributed by atoms with Gasteiger partial charge in [0.15, 0.2) is 0 Å². The molecule has 2 aromatic rings. The highest BCUT2D eigenvalue weighted by Gasteiger charge is 2.14. The number of hydrogen-bond donors (Lipinski definition) is 1. The van der Waals surface area contributed by atoms with Crippen molar-refractivity contribution in [1.29, 1.82) is 0 Å². The Balaban J connectivity index is 2.26. The van der Waals surface area contributed by atoms with Gasteiger partial charge in [0.05, 0.1) is 5.56 Å². The molecular formula is C14H14BrNO2. The van der Waals surface area contributed by atoms with Gasteiger partial charge < -0.3 is 9.73 Å². The number of amides is 1. The molecule has 0 fully saturated rings. The minimum atomic E-state index is -0.148. The second-order valence-electron chi connectivity index (χ2n) is 4.24. The van der Waals surface area contributed by atoms with Crippen LogP contribution in [0.2, 0.25) is 0 Å². The highest BCUT2D eigenvalue weighted by molar-refractivity contribution is 9.10. The molecule has 0 atom stereocenters. The summed E-state index contributed by atoms with van der Waals surface area (Å²) in [5, 5.41) is 2.89. The Morgan fingerprint density at radius 2 is 1.94 bits per heavy atom. The summed E-state index contributed by atoms with van der Waals surface area (Å²) < 4.78 is 6.29. The molecule has 18 heavy (non-hydrogen) atoms. The molecule has 0 aliphatic rings. The van der Waals surface area contributed by atoms with Gasteiger partial charge in [0.25, 0.3) is 5.91 Å². The molecule has 1 aromatic carbocycles. The van der Waals surface area contributed by atoms with Crippen LogP contribution in [0.5, 0.6) is 0 Å². The van der Waals surface area contributed by atoms with E-state index in [2.05, 4.69) is 21.2 Å². The fraction of sp³-hybridized carbons (Fsp3) is 0.214. The number of carbonyl (C=O) groups excluding carboxylic acids is 1. The van der Waals surface area contributed by atoms with Gasteiger partial charge in [-0.3, -0.25) is 4.79 Å². The third-order valence-electron chi connectivity index (χ3n) is 2.73. The monoisotopic (exact) mass is 307 g/mol. The van der Waals surface area contributed by atoms with Crippen molar-refractivity contribution in [3.63, 3.8) is 0 Å². The van der Waals surface area contributed by atoms with Crippen LogP contribution in [0, 0.1) is 20.8 Å². The molecule has 0 unspecified atom stereocenters. The lowest BCUT2D eigenvalue weighted by atomic mass is 10.2. The zero-order valence-corrected chi connectivity index (χ0v) is 12.1. The number of nitrogens with one attached hydrogen (secondary N) is 1. The van der Waals surface area contributed by atoms with Crippen molar-refractivity contribution in [2.45, 2.75) is 20.8 Å². The Kier molecular flexibility index (Phi) is 3.57. The van der Waals surface area contributed by atoms with Gasteiger partial charge in [-0.1, -0.05) is 22.0 Å². The van der Waals surface area contributed by atoms with Gasteiger partial charge in [-0.15, -0.1) is 0 Å². The van der Waals surface area contributed by atoms with Crippen LogP contribution < -0.4 is 5.32 Å². The van der Waals surface area contributed by atoms with Gasteiger partial charge in [-0.05, 0) is 44.5 Å². The van der Waals surface area contributed by atoms with Gasteiger partial charge in [-0.25, -0.2) is 0 Å². The highest BCUT2D eigenvalue weighted by Crippen LogP contribution is 2.22. The lowest BCUT2D eigenvalue weighted by Gasteiger charge is -2.08. The first kappa shape index (κ1) is 12.9. The molecule has 2 rings (SSSR count). The van der Waals surface area contributed by atoms with Crippen molar-refractivity contribution in [2.75, 3.05) is 5.32 Å². The van der Waals surface area contributed by atoms with Crippen molar-refractivity contribution in [2.24, 2.45) is 0 Å². The molecule has 1 amide bonds. The minimum absolute atomic E-state index is 0.148. The van der Waals surface area contributed by atoms with Crippen molar-refractivity contribution < 1.29 is 9.21 Å². The van der Waals surface area contributed by atoms with Crippen LogP contribution in [0.25, 0.3) is 0 Å². The summed E-state index contributed by atoms with van der Waals surface area (Å²) in [7, 11) is 0. The first-order valence-corrected chi connectivity index (χ1v) is 6.41. The Labute approximate surface area is 114 Å². The second-order valence-corrected chi connectivity index (χ2v) is 5.16. The van der Waals surface area contributed by atoms with Crippen LogP contribution in [0.15, 0.2) is 33.2 Å². The number of carbonyl (C=O) groups is 1.